The van der Waals surface area contributed by atoms with E-state index in [0.29, 0.717) is 76.5 Å². The van der Waals surface area contributed by atoms with Gasteiger partial charge in [0.25, 0.3) is 0 Å². The van der Waals surface area contributed by atoms with Crippen molar-refractivity contribution in [1.82, 2.24) is 64.9 Å². The molecule has 0 bridgehead atoms. The number of nitrogens with one attached hydrogen (secondary N) is 3. The van der Waals surface area contributed by atoms with Gasteiger partial charge in [-0.25, -0.2) is 4.79 Å². The number of nitrogens with zero attached hydrogens (tertiary/aromatic N) is 10. The molecule has 27 nitrogen and oxygen atoms in total. The molecule has 13 amide bonds. The molecule has 0 aromatic heterocycles. The number of alkyl halides is 3. The van der Waals surface area contributed by atoms with Gasteiger partial charge in [0.15, 0.2) is 0 Å². The number of piperidine rings is 1. The van der Waals surface area contributed by atoms with E-state index < -0.39 is 185 Å². The van der Waals surface area contributed by atoms with Crippen LogP contribution in [0.15, 0.2) is 29.8 Å². The van der Waals surface area contributed by atoms with E-state index in [1.807, 2.05) is 20.8 Å². The quantitative estimate of drug-likeness (QED) is 0.159. The average molecular weight is 1600 g/mol. The Kier molecular flexibility index (Phi) is 32.8. The highest BCUT2D eigenvalue weighted by Crippen LogP contribution is 2.39. The molecule has 1 aromatic rings. The Morgan fingerprint density at radius 3 is 1.78 bits per heavy atom. The first-order valence-electron chi connectivity index (χ1n) is 40.4. The third-order valence-corrected chi connectivity index (χ3v) is 24.0. The normalized spacial score (nSPS) is 25.6. The lowest BCUT2D eigenvalue weighted by molar-refractivity contribution is -0.157. The summed E-state index contributed by atoms with van der Waals surface area (Å²) in [5.41, 5.74) is -2.69. The first kappa shape index (κ1) is 91.1. The summed E-state index contributed by atoms with van der Waals surface area (Å²) in [6, 6.07) is -6.27. The van der Waals surface area contributed by atoms with Crippen molar-refractivity contribution in [3.05, 3.63) is 46.0 Å². The van der Waals surface area contributed by atoms with Gasteiger partial charge >= 0.3 is 12.3 Å². The molecule has 1 spiro atoms. The van der Waals surface area contributed by atoms with Crippen LogP contribution in [0.3, 0.4) is 0 Å². The summed E-state index contributed by atoms with van der Waals surface area (Å²) in [5, 5.41) is 8.16. The SMILES string of the molecule is CC[C@H](C)[C@@H]1NC(=O)[C@H](CC(C)C)N(C)C(=O)C[C@@H](C(=O)N2CCCCC2)N(C)C(=O)[C@H](C2CCCCC2)N(C)C(=O)C2(CCCC2)NC(=O)[C@H](CC=C2CN(C(=O)OC(C)(C)C)C2)N(C)C(=O)[C@H](CCc2ccc(C(F)(F)F)c(Cl)c2)NC(=O)CN(C)C(=O)[C@H](CC2CCCCC2)N(C)C(=O)CN(C)C(=O)CN(C)C1=O. The summed E-state index contributed by atoms with van der Waals surface area (Å²) in [6.07, 6.45) is 6.47. The van der Waals surface area contributed by atoms with Crippen molar-refractivity contribution in [2.24, 2.45) is 23.7 Å². The van der Waals surface area contributed by atoms with Gasteiger partial charge in [-0.2, -0.15) is 13.2 Å². The molecule has 6 fully saturated rings. The van der Waals surface area contributed by atoms with E-state index in [-0.39, 0.29) is 75.4 Å². The van der Waals surface area contributed by atoms with Gasteiger partial charge in [0.05, 0.1) is 36.6 Å². The van der Waals surface area contributed by atoms with Crippen LogP contribution in [-0.4, -0.2) is 282 Å². The lowest BCUT2D eigenvalue weighted by Gasteiger charge is -2.43. The van der Waals surface area contributed by atoms with Gasteiger partial charge in [0.2, 0.25) is 70.9 Å². The van der Waals surface area contributed by atoms with Crippen LogP contribution >= 0.6 is 11.6 Å². The summed E-state index contributed by atoms with van der Waals surface area (Å²) < 4.78 is 47.8. The summed E-state index contributed by atoms with van der Waals surface area (Å²) in [4.78, 5) is 208. The summed E-state index contributed by atoms with van der Waals surface area (Å²) >= 11 is 6.23. The molecule has 3 saturated heterocycles. The van der Waals surface area contributed by atoms with Crippen LogP contribution in [0.25, 0.3) is 0 Å². The van der Waals surface area contributed by atoms with Gasteiger partial charge in [-0.3, -0.25) is 57.5 Å². The largest absolute Gasteiger partial charge is 0.444 e. The fourth-order valence-electron chi connectivity index (χ4n) is 16.5. The monoisotopic (exact) mass is 1600 g/mol. The lowest BCUT2D eigenvalue weighted by Crippen LogP contribution is -2.65. The number of aryl methyl sites for hydroxylation is 1. The van der Waals surface area contributed by atoms with Crippen LogP contribution < -0.4 is 16.0 Å². The van der Waals surface area contributed by atoms with Crippen LogP contribution in [0.4, 0.5) is 18.0 Å². The number of ether oxygens (including phenoxy) is 1. The predicted molar refractivity (Wildman–Crippen MR) is 416 cm³/mol. The van der Waals surface area contributed by atoms with Crippen molar-refractivity contribution in [3.8, 4) is 0 Å². The number of rotatable bonds is 13. The molecular formula is C81H125ClF3N13O14. The molecule has 1 aromatic carbocycles. The zero-order chi connectivity index (χ0) is 83.0. The molecule has 3 aliphatic heterocycles. The van der Waals surface area contributed by atoms with Gasteiger partial charge in [-0.15, -0.1) is 0 Å². The lowest BCUT2D eigenvalue weighted by atomic mass is 9.81. The van der Waals surface area contributed by atoms with E-state index in [2.05, 4.69) is 16.0 Å². The number of benzene rings is 1. The third kappa shape index (κ3) is 24.0. The molecular weight excluding hydrogens is 1470 g/mol. The number of carbonyl (C=O) groups is 13. The molecule has 3 aliphatic carbocycles. The minimum absolute atomic E-state index is 0.0182. The molecule has 0 unspecified atom stereocenters. The first-order valence-corrected chi connectivity index (χ1v) is 40.7. The maximum absolute atomic E-state index is 16.1. The number of halogens is 4. The fraction of sp³-hybridized carbons (Fsp3) is 0.741. The zero-order valence-corrected chi connectivity index (χ0v) is 69.5. The smallest absolute Gasteiger partial charge is 0.417 e. The Balaban J connectivity index is 1.35. The van der Waals surface area contributed by atoms with Crippen molar-refractivity contribution in [2.45, 2.75) is 262 Å². The highest BCUT2D eigenvalue weighted by molar-refractivity contribution is 6.31. The number of likely N-dealkylation sites (tertiary alicyclic amines) is 2. The number of carbonyl (C=O) groups excluding carboxylic acids is 13. The standard InChI is InChI=1S/C81H125ClF3N13O14/c1-16-52(4)68-75(108)91(10)49-66(101)89(8)50-67(102)93(12)62(44-53-28-20-17-21-29-53)73(106)90(9)48-64(99)86-59(36-33-54-32-35-57(58(82)43-54)81(83,84)85)72(105)94(13)60(37-34-55-46-98(47-55)78(111)112-79(5,6)7)71(104)88-80(38-24-25-39-80)77(110)96(15)69(56-30-22-18-23-31-56)76(109)95(14)63(74(107)97-40-26-19-27-41-97)45-65(100)92(11)61(42-51(2)3)70(103)87-68/h32,34-35,43,51-53,56,59-63,68-69H,16-31,33,36-42,44-50H2,1-15H3,(H,86,99)(H,87,103)(H,88,104)/t52-,59-,60-,61-,62-,63-,68-,69-/m0/s1. The molecule has 31 heteroatoms. The van der Waals surface area contributed by atoms with E-state index in [1.54, 1.807) is 38.7 Å². The average Bonchev–Trinajstić information content (AvgIpc) is 1.59. The van der Waals surface area contributed by atoms with E-state index >= 15 is 33.6 Å². The minimum atomic E-state index is -4.80. The summed E-state index contributed by atoms with van der Waals surface area (Å²) in [5.74, 6) is -9.49. The van der Waals surface area contributed by atoms with Crippen LogP contribution in [0, 0.1) is 23.7 Å². The topological polar surface area (TPSA) is 300 Å². The Hall–Kier alpha value is -8.05. The second-order valence-electron chi connectivity index (χ2n) is 33.9. The maximum Gasteiger partial charge on any atom is 0.417 e. The second-order valence-corrected chi connectivity index (χ2v) is 34.3. The van der Waals surface area contributed by atoms with Gasteiger partial charge < -0.3 is 69.7 Å². The van der Waals surface area contributed by atoms with E-state index in [1.165, 1.54) is 86.9 Å². The summed E-state index contributed by atoms with van der Waals surface area (Å²) in [7, 11) is 11.2. The molecule has 8 atom stereocenters. The Morgan fingerprint density at radius 2 is 1.20 bits per heavy atom. The molecule has 3 heterocycles. The van der Waals surface area contributed by atoms with E-state index in [4.69, 9.17) is 16.3 Å². The fourth-order valence-corrected chi connectivity index (χ4v) is 16.8. The van der Waals surface area contributed by atoms with Gasteiger partial charge in [-0.1, -0.05) is 122 Å². The van der Waals surface area contributed by atoms with E-state index in [9.17, 15) is 41.9 Å². The first-order chi connectivity index (χ1) is 52.6. The van der Waals surface area contributed by atoms with Gasteiger partial charge in [0.1, 0.15) is 53.4 Å². The van der Waals surface area contributed by atoms with Gasteiger partial charge in [-0.05, 0) is 145 Å². The molecule has 3 N–H and O–H groups in total. The molecule has 6 aliphatic rings. The third-order valence-electron chi connectivity index (χ3n) is 23.7. The number of hydrogen-bond acceptors (Lipinski definition) is 14. The van der Waals surface area contributed by atoms with Crippen LogP contribution in [-0.2, 0) is 74.9 Å². The number of amides is 13. The van der Waals surface area contributed by atoms with Crippen LogP contribution in [0.2, 0.25) is 5.02 Å². The Morgan fingerprint density at radius 1 is 0.616 bits per heavy atom. The molecule has 7 rings (SSSR count). The van der Waals surface area contributed by atoms with Crippen LogP contribution in [0.5, 0.6) is 0 Å². The molecule has 626 valence electrons. The minimum Gasteiger partial charge on any atom is -0.444 e. The highest BCUT2D eigenvalue weighted by Gasteiger charge is 2.51. The van der Waals surface area contributed by atoms with Crippen molar-refractivity contribution in [1.29, 1.82) is 0 Å². The van der Waals surface area contributed by atoms with E-state index in [0.717, 1.165) is 76.7 Å². The van der Waals surface area contributed by atoms with Gasteiger partial charge in [0, 0.05) is 82.6 Å². The van der Waals surface area contributed by atoms with Crippen molar-refractivity contribution in [3.63, 3.8) is 0 Å². The highest BCUT2D eigenvalue weighted by atomic mass is 35.5. The molecule has 3 saturated carbocycles. The van der Waals surface area contributed by atoms with Crippen LogP contribution in [0.1, 0.15) is 207 Å². The van der Waals surface area contributed by atoms with Crippen molar-refractivity contribution < 1.29 is 80.2 Å². The number of likely N-dealkylation sites (N-methyl/N-ethyl adjacent to an activating group) is 8. The Bertz CT molecular complexity index is 3560. The molecule has 112 heavy (non-hydrogen) atoms. The Labute approximate surface area is 664 Å². The van der Waals surface area contributed by atoms with Crippen molar-refractivity contribution >= 4 is 88.6 Å². The maximum atomic E-state index is 16.1. The predicted octanol–water partition coefficient (Wildman–Crippen LogP) is 7.83. The van der Waals surface area contributed by atoms with Crippen molar-refractivity contribution in [2.75, 3.05) is 102 Å². The zero-order valence-electron chi connectivity index (χ0n) is 68.8. The number of hydrogen-bond donors (Lipinski definition) is 3. The summed E-state index contributed by atoms with van der Waals surface area (Å²) in [6.45, 7) is 11.6. The molecule has 0 radical (unpaired) electrons. The second kappa shape index (κ2) is 40.3.